The Morgan fingerprint density at radius 1 is 1.18 bits per heavy atom. The fourth-order valence-electron chi connectivity index (χ4n) is 9.99. The molecule has 4 fully saturated rings. The van der Waals surface area contributed by atoms with Gasteiger partial charge in [-0.15, -0.1) is 4.68 Å². The molecule has 34 heavy (non-hydrogen) atoms. The molecule has 6 rings (SSSR count). The van der Waals surface area contributed by atoms with E-state index in [9.17, 15) is 10.4 Å². The topological polar surface area (TPSA) is 74.1 Å². The predicted molar refractivity (Wildman–Crippen MR) is 129 cm³/mol. The van der Waals surface area contributed by atoms with E-state index in [0.717, 1.165) is 48.8 Å². The first-order valence-electron chi connectivity index (χ1n) is 13.9. The van der Waals surface area contributed by atoms with E-state index in [1.165, 1.54) is 44.9 Å². The van der Waals surface area contributed by atoms with Crippen LogP contribution in [-0.4, -0.2) is 34.3 Å². The van der Waals surface area contributed by atoms with Crippen molar-refractivity contribution in [2.45, 2.75) is 96.2 Å². The molecule has 1 aromatic heterocycles. The molecule has 186 valence electrons. The number of nitriles is 1. The number of nitrogens with one attached hydrogen (secondary N) is 1. The molecule has 6 heteroatoms. The van der Waals surface area contributed by atoms with Gasteiger partial charge in [0.1, 0.15) is 18.2 Å². The third-order valence-electron chi connectivity index (χ3n) is 11.6. The Morgan fingerprint density at radius 3 is 2.79 bits per heavy atom. The summed E-state index contributed by atoms with van der Waals surface area (Å²) in [6.07, 6.45) is 12.9. The summed E-state index contributed by atoms with van der Waals surface area (Å²) in [5, 5.41) is 20.7. The highest BCUT2D eigenvalue weighted by molar-refractivity contribution is 5.22. The van der Waals surface area contributed by atoms with Gasteiger partial charge in [0.05, 0.1) is 18.4 Å². The average Bonchev–Trinajstić information content (AvgIpc) is 3.36. The predicted octanol–water partition coefficient (Wildman–Crippen LogP) is 4.00. The SMILES string of the molecule is CCOC[C@@]1(O)CC[C@H]2[C@H](CC[C@@H]3[C@@H]2CC[C@@]2(C)[C@H]3CC[C@@]23Nn2ccc(C#N)[n+]2CC3C)C1. The number of rotatable bonds is 3. The van der Waals surface area contributed by atoms with Crippen LogP contribution in [-0.2, 0) is 11.3 Å². The second-order valence-electron chi connectivity index (χ2n) is 12.8. The summed E-state index contributed by atoms with van der Waals surface area (Å²) in [5.74, 6) is 4.42. The lowest BCUT2D eigenvalue weighted by atomic mass is 9.47. The van der Waals surface area contributed by atoms with Crippen molar-refractivity contribution in [3.63, 3.8) is 0 Å². The lowest BCUT2D eigenvalue weighted by molar-refractivity contribution is -0.787. The van der Waals surface area contributed by atoms with Gasteiger partial charge < -0.3 is 9.84 Å². The second kappa shape index (κ2) is 7.96. The summed E-state index contributed by atoms with van der Waals surface area (Å²) in [6, 6.07) is 4.30. The van der Waals surface area contributed by atoms with E-state index < -0.39 is 5.60 Å². The lowest BCUT2D eigenvalue weighted by Gasteiger charge is -2.59. The molecule has 2 heterocycles. The molecule has 6 nitrogen and oxygen atoms in total. The van der Waals surface area contributed by atoms with E-state index in [2.05, 4.69) is 34.8 Å². The first kappa shape index (κ1) is 22.9. The summed E-state index contributed by atoms with van der Waals surface area (Å²) in [6.45, 7) is 9.16. The standard InChI is InChI=1S/C28H43N4O2/c1-4-34-18-27(33)12-8-22-20(15-27)5-6-24-23(22)7-11-26(3)25(24)9-13-28(26)19(2)17-31-21(16-29)10-14-32(31)30-28/h10,14,19-20,22-25,30,33H,4-9,11-13,15,17-18H2,1-3H3/q+1/t19?,20-,22+,23-,24-,25+,26+,27-,28+/m1/s1. The summed E-state index contributed by atoms with van der Waals surface area (Å²) in [4.78, 5) is 2.12. The van der Waals surface area contributed by atoms with Crippen molar-refractivity contribution in [1.29, 1.82) is 5.26 Å². The first-order chi connectivity index (χ1) is 16.3. The highest BCUT2D eigenvalue weighted by Gasteiger charge is 2.68. The van der Waals surface area contributed by atoms with Gasteiger partial charge in [0.15, 0.2) is 0 Å². The van der Waals surface area contributed by atoms with Crippen molar-refractivity contribution < 1.29 is 14.5 Å². The van der Waals surface area contributed by atoms with E-state index in [-0.39, 0.29) is 5.54 Å². The molecule has 1 unspecified atom stereocenters. The van der Waals surface area contributed by atoms with Crippen molar-refractivity contribution >= 4 is 0 Å². The van der Waals surface area contributed by atoms with Gasteiger partial charge in [0.25, 0.3) is 0 Å². The third-order valence-corrected chi connectivity index (χ3v) is 11.6. The summed E-state index contributed by atoms with van der Waals surface area (Å²) in [7, 11) is 0. The zero-order valence-electron chi connectivity index (χ0n) is 21.3. The minimum atomic E-state index is -0.597. The van der Waals surface area contributed by atoms with Crippen LogP contribution in [0.1, 0.15) is 84.3 Å². The highest BCUT2D eigenvalue weighted by Crippen LogP contribution is 2.67. The molecule has 4 saturated carbocycles. The van der Waals surface area contributed by atoms with Crippen molar-refractivity contribution in [2.75, 3.05) is 18.6 Å². The van der Waals surface area contributed by atoms with Gasteiger partial charge in [0, 0.05) is 24.0 Å². The van der Waals surface area contributed by atoms with E-state index in [1.807, 2.05) is 19.2 Å². The highest BCUT2D eigenvalue weighted by atomic mass is 16.5. The Labute approximate surface area is 204 Å². The minimum absolute atomic E-state index is 0.107. The van der Waals surface area contributed by atoms with Crippen LogP contribution in [0.5, 0.6) is 0 Å². The number of nitrogens with zero attached hydrogens (tertiary/aromatic N) is 3. The molecule has 0 aromatic carbocycles. The molecule has 1 spiro atoms. The fourth-order valence-corrected chi connectivity index (χ4v) is 9.99. The summed E-state index contributed by atoms with van der Waals surface area (Å²) < 4.78 is 7.78. The quantitative estimate of drug-likeness (QED) is 0.659. The minimum Gasteiger partial charge on any atom is -0.387 e. The summed E-state index contributed by atoms with van der Waals surface area (Å²) in [5.41, 5.74) is 4.53. The smallest absolute Gasteiger partial charge is 0.226 e. The Hall–Kier alpha value is -1.58. The van der Waals surface area contributed by atoms with Gasteiger partial charge in [-0.25, -0.2) is 0 Å². The molecule has 5 aliphatic rings. The van der Waals surface area contributed by atoms with Crippen molar-refractivity contribution in [2.24, 2.45) is 40.9 Å². The van der Waals surface area contributed by atoms with E-state index in [4.69, 9.17) is 4.74 Å². The maximum Gasteiger partial charge on any atom is 0.226 e. The average molecular weight is 468 g/mol. The number of aromatic nitrogens is 2. The molecule has 9 atom stereocenters. The Balaban J connectivity index is 1.23. The fraction of sp³-hybridized carbons (Fsp3) is 0.857. The van der Waals surface area contributed by atoms with Gasteiger partial charge in [-0.2, -0.15) is 10.7 Å². The maximum absolute atomic E-state index is 11.2. The molecule has 2 N–H and O–H groups in total. The molecular weight excluding hydrogens is 424 g/mol. The van der Waals surface area contributed by atoms with Crippen LogP contribution >= 0.6 is 0 Å². The zero-order valence-corrected chi connectivity index (χ0v) is 21.3. The lowest BCUT2D eigenvalue weighted by Crippen LogP contribution is -2.71. The van der Waals surface area contributed by atoms with Crippen LogP contribution in [0.15, 0.2) is 12.3 Å². The Bertz CT molecular complexity index is 986. The van der Waals surface area contributed by atoms with E-state index in [0.29, 0.717) is 30.5 Å². The third kappa shape index (κ3) is 3.08. The van der Waals surface area contributed by atoms with Crippen LogP contribution in [0, 0.1) is 52.3 Å². The van der Waals surface area contributed by atoms with Crippen LogP contribution in [0.3, 0.4) is 0 Å². The maximum atomic E-state index is 11.2. The van der Waals surface area contributed by atoms with Gasteiger partial charge in [-0.05, 0) is 94.3 Å². The molecular formula is C28H43N4O2+. The molecule has 0 amide bonds. The monoisotopic (exact) mass is 467 g/mol. The van der Waals surface area contributed by atoms with Gasteiger partial charge in [-0.1, -0.05) is 18.6 Å². The number of aliphatic hydroxyl groups is 1. The first-order valence-corrected chi connectivity index (χ1v) is 13.9. The molecule has 0 radical (unpaired) electrons. The Morgan fingerprint density at radius 2 is 2.00 bits per heavy atom. The number of hydrogen-bond acceptors (Lipinski definition) is 4. The zero-order chi connectivity index (χ0) is 23.7. The van der Waals surface area contributed by atoms with Crippen LogP contribution in [0.25, 0.3) is 0 Å². The van der Waals surface area contributed by atoms with Crippen molar-refractivity contribution in [1.82, 2.24) is 4.79 Å². The van der Waals surface area contributed by atoms with Crippen molar-refractivity contribution in [3.05, 3.63) is 18.0 Å². The molecule has 0 bridgehead atoms. The van der Waals surface area contributed by atoms with E-state index >= 15 is 0 Å². The number of fused-ring (bicyclic) bond motifs is 7. The second-order valence-corrected chi connectivity index (χ2v) is 12.8. The van der Waals surface area contributed by atoms with Crippen molar-refractivity contribution in [3.8, 4) is 6.07 Å². The van der Waals surface area contributed by atoms with E-state index in [1.54, 1.807) is 0 Å². The molecule has 1 aliphatic heterocycles. The number of ether oxygens (including phenoxy) is 1. The molecule has 1 aromatic rings. The summed E-state index contributed by atoms with van der Waals surface area (Å²) >= 11 is 0. The van der Waals surface area contributed by atoms with Gasteiger partial charge in [0.2, 0.25) is 5.69 Å². The normalized spacial score (nSPS) is 47.1. The van der Waals surface area contributed by atoms with Gasteiger partial charge in [-0.3, -0.25) is 0 Å². The van der Waals surface area contributed by atoms with Crippen LogP contribution < -0.4 is 10.1 Å². The van der Waals surface area contributed by atoms with Crippen LogP contribution in [0.2, 0.25) is 0 Å². The Kier molecular flexibility index (Phi) is 5.35. The molecule has 4 aliphatic carbocycles. The molecule has 0 saturated heterocycles. The van der Waals surface area contributed by atoms with Gasteiger partial charge >= 0.3 is 0 Å². The number of hydrogen-bond donors (Lipinski definition) is 2. The van der Waals surface area contributed by atoms with Crippen LogP contribution in [0.4, 0.5) is 0 Å². The largest absolute Gasteiger partial charge is 0.387 e.